The van der Waals surface area contributed by atoms with Crippen LogP contribution in [0.25, 0.3) is 5.52 Å². The minimum Gasteiger partial charge on any atom is -0.480 e. The number of nitrogens with zero attached hydrogens (tertiary/aromatic N) is 2. The van der Waals surface area contributed by atoms with Crippen molar-refractivity contribution in [1.82, 2.24) is 9.30 Å². The second-order valence-corrected chi connectivity index (χ2v) is 4.76. The van der Waals surface area contributed by atoms with E-state index in [-0.39, 0.29) is 5.91 Å². The van der Waals surface area contributed by atoms with Gasteiger partial charge in [-0.2, -0.15) is 0 Å². The van der Waals surface area contributed by atoms with Crippen LogP contribution in [0.15, 0.2) is 36.7 Å². The molecule has 0 bridgehead atoms. The summed E-state index contributed by atoms with van der Waals surface area (Å²) in [4.78, 5) is 25.0. The summed E-state index contributed by atoms with van der Waals surface area (Å²) in [6, 6.07) is 6.81. The molecule has 1 unspecified atom stereocenters. The fourth-order valence-corrected chi connectivity index (χ4v) is 2.60. The molecule has 0 saturated carbocycles. The summed E-state index contributed by atoms with van der Waals surface area (Å²) in [5.74, 6) is -1.12. The van der Waals surface area contributed by atoms with E-state index in [9.17, 15) is 9.59 Å². The number of hydrogen-bond donors (Lipinski definition) is 1. The quantitative estimate of drug-likeness (QED) is 0.890. The van der Waals surface area contributed by atoms with Crippen molar-refractivity contribution in [2.24, 2.45) is 0 Å². The van der Waals surface area contributed by atoms with Crippen molar-refractivity contribution in [2.45, 2.75) is 18.9 Å². The molecule has 1 N–H and O–H groups in total. The molecular weight excluding hydrogens is 244 g/mol. The van der Waals surface area contributed by atoms with Crippen molar-refractivity contribution in [3.8, 4) is 0 Å². The van der Waals surface area contributed by atoms with Crippen LogP contribution < -0.4 is 0 Å². The molecule has 0 aromatic carbocycles. The Morgan fingerprint density at radius 3 is 2.89 bits per heavy atom. The highest BCUT2D eigenvalue weighted by atomic mass is 16.4. The molecule has 5 nitrogen and oxygen atoms in total. The van der Waals surface area contributed by atoms with Gasteiger partial charge in [0.2, 0.25) is 0 Å². The lowest BCUT2D eigenvalue weighted by atomic mass is 10.2. The molecule has 1 atom stereocenters. The predicted octanol–water partition coefficient (Wildman–Crippen LogP) is 1.63. The molecule has 3 rings (SSSR count). The topological polar surface area (TPSA) is 62.0 Å². The van der Waals surface area contributed by atoms with E-state index >= 15 is 0 Å². The van der Waals surface area contributed by atoms with Crippen molar-refractivity contribution < 1.29 is 14.7 Å². The zero-order valence-electron chi connectivity index (χ0n) is 10.3. The first-order valence-corrected chi connectivity index (χ1v) is 6.27. The number of carboxylic acid groups (broad SMARTS) is 1. The Labute approximate surface area is 110 Å². The SMILES string of the molecule is O=C(O)C1CCCN1C(=O)c1cc2ccccn2c1. The summed E-state index contributed by atoms with van der Waals surface area (Å²) in [6.45, 7) is 0.516. The highest BCUT2D eigenvalue weighted by Gasteiger charge is 2.34. The van der Waals surface area contributed by atoms with Gasteiger partial charge in [-0.3, -0.25) is 4.79 Å². The van der Waals surface area contributed by atoms with E-state index in [0.717, 1.165) is 11.9 Å². The Bertz CT molecular complexity index is 614. The van der Waals surface area contributed by atoms with Crippen LogP contribution in [-0.2, 0) is 4.79 Å². The third kappa shape index (κ3) is 1.97. The van der Waals surface area contributed by atoms with E-state index in [1.807, 2.05) is 28.8 Å². The van der Waals surface area contributed by atoms with Crippen molar-refractivity contribution in [3.63, 3.8) is 0 Å². The summed E-state index contributed by atoms with van der Waals surface area (Å²) in [5.41, 5.74) is 1.47. The Morgan fingerprint density at radius 2 is 2.16 bits per heavy atom. The fraction of sp³-hybridized carbons (Fsp3) is 0.286. The number of carbonyl (C=O) groups is 2. The van der Waals surface area contributed by atoms with Gasteiger partial charge in [0.15, 0.2) is 0 Å². The maximum absolute atomic E-state index is 12.4. The molecule has 1 aliphatic rings. The molecule has 5 heteroatoms. The monoisotopic (exact) mass is 258 g/mol. The summed E-state index contributed by atoms with van der Waals surface area (Å²) in [7, 11) is 0. The summed E-state index contributed by atoms with van der Waals surface area (Å²) in [6.07, 6.45) is 4.89. The average molecular weight is 258 g/mol. The normalized spacial score (nSPS) is 18.9. The van der Waals surface area contributed by atoms with Gasteiger partial charge in [-0.1, -0.05) is 6.07 Å². The zero-order chi connectivity index (χ0) is 13.4. The molecule has 19 heavy (non-hydrogen) atoms. The summed E-state index contributed by atoms with van der Waals surface area (Å²) in [5, 5.41) is 9.12. The minimum atomic E-state index is -0.922. The molecule has 1 saturated heterocycles. The molecule has 1 aliphatic heterocycles. The van der Waals surface area contributed by atoms with Crippen LogP contribution >= 0.6 is 0 Å². The third-order valence-corrected chi connectivity index (χ3v) is 3.55. The van der Waals surface area contributed by atoms with Crippen LogP contribution in [0.5, 0.6) is 0 Å². The van der Waals surface area contributed by atoms with Crippen molar-refractivity contribution in [2.75, 3.05) is 6.54 Å². The van der Waals surface area contributed by atoms with E-state index in [0.29, 0.717) is 18.5 Å². The molecular formula is C14H14N2O3. The lowest BCUT2D eigenvalue weighted by Gasteiger charge is -2.20. The van der Waals surface area contributed by atoms with E-state index in [4.69, 9.17) is 5.11 Å². The predicted molar refractivity (Wildman–Crippen MR) is 69.1 cm³/mol. The van der Waals surface area contributed by atoms with Crippen molar-refractivity contribution in [1.29, 1.82) is 0 Å². The number of aromatic nitrogens is 1. The largest absolute Gasteiger partial charge is 0.480 e. The van der Waals surface area contributed by atoms with Crippen LogP contribution in [0.3, 0.4) is 0 Å². The Hall–Kier alpha value is -2.30. The molecule has 1 amide bonds. The number of likely N-dealkylation sites (tertiary alicyclic amines) is 1. The molecule has 0 spiro atoms. The number of carboxylic acids is 1. The maximum atomic E-state index is 12.4. The van der Waals surface area contributed by atoms with Crippen LogP contribution in [0.4, 0.5) is 0 Å². The van der Waals surface area contributed by atoms with Crippen LogP contribution in [0.2, 0.25) is 0 Å². The second kappa shape index (κ2) is 4.42. The zero-order valence-corrected chi connectivity index (χ0v) is 10.3. The highest BCUT2D eigenvalue weighted by molar-refractivity contribution is 5.98. The molecule has 2 aromatic rings. The molecule has 3 heterocycles. The summed E-state index contributed by atoms with van der Waals surface area (Å²) < 4.78 is 1.86. The van der Waals surface area contributed by atoms with Gasteiger partial charge in [0.1, 0.15) is 6.04 Å². The fourth-order valence-electron chi connectivity index (χ4n) is 2.60. The van der Waals surface area contributed by atoms with Gasteiger partial charge in [-0.05, 0) is 31.0 Å². The van der Waals surface area contributed by atoms with Gasteiger partial charge in [0.05, 0.1) is 5.56 Å². The summed E-state index contributed by atoms with van der Waals surface area (Å²) >= 11 is 0. The smallest absolute Gasteiger partial charge is 0.326 e. The van der Waals surface area contributed by atoms with Gasteiger partial charge in [-0.25, -0.2) is 4.79 Å². The number of aliphatic carboxylic acids is 1. The number of fused-ring (bicyclic) bond motifs is 1. The van der Waals surface area contributed by atoms with E-state index in [1.165, 1.54) is 4.90 Å². The highest BCUT2D eigenvalue weighted by Crippen LogP contribution is 2.21. The number of hydrogen-bond acceptors (Lipinski definition) is 2. The van der Waals surface area contributed by atoms with E-state index in [1.54, 1.807) is 12.3 Å². The van der Waals surface area contributed by atoms with Crippen molar-refractivity contribution in [3.05, 3.63) is 42.2 Å². The van der Waals surface area contributed by atoms with Crippen molar-refractivity contribution >= 4 is 17.4 Å². The first-order chi connectivity index (χ1) is 9.16. The van der Waals surface area contributed by atoms with Crippen LogP contribution in [0, 0.1) is 0 Å². The molecule has 2 aromatic heterocycles. The molecule has 98 valence electrons. The van der Waals surface area contributed by atoms with Gasteiger partial charge >= 0.3 is 5.97 Å². The number of rotatable bonds is 2. The lowest BCUT2D eigenvalue weighted by molar-refractivity contribution is -0.141. The minimum absolute atomic E-state index is 0.200. The Balaban J connectivity index is 1.93. The molecule has 0 aliphatic carbocycles. The van der Waals surface area contributed by atoms with Gasteiger partial charge in [0.25, 0.3) is 5.91 Å². The molecule has 0 radical (unpaired) electrons. The van der Waals surface area contributed by atoms with E-state index in [2.05, 4.69) is 0 Å². The Morgan fingerprint density at radius 1 is 1.32 bits per heavy atom. The first-order valence-electron chi connectivity index (χ1n) is 6.27. The van der Waals surface area contributed by atoms with E-state index < -0.39 is 12.0 Å². The molecule has 1 fully saturated rings. The third-order valence-electron chi connectivity index (χ3n) is 3.55. The van der Waals surface area contributed by atoms with Gasteiger partial charge in [-0.15, -0.1) is 0 Å². The first kappa shape index (κ1) is 11.8. The standard InChI is InChI=1S/C14H14N2O3/c17-13(16-7-3-5-12(16)14(18)19)10-8-11-4-1-2-6-15(11)9-10/h1-2,4,6,8-9,12H,3,5,7H2,(H,18,19). The average Bonchev–Trinajstić information content (AvgIpc) is 3.04. The lowest BCUT2D eigenvalue weighted by Crippen LogP contribution is -2.40. The maximum Gasteiger partial charge on any atom is 0.326 e. The number of amides is 1. The number of carbonyl (C=O) groups excluding carboxylic acids is 1. The Kier molecular flexibility index (Phi) is 2.74. The van der Waals surface area contributed by atoms with Gasteiger partial charge < -0.3 is 14.4 Å². The van der Waals surface area contributed by atoms with Crippen LogP contribution in [-0.4, -0.2) is 38.9 Å². The second-order valence-electron chi connectivity index (χ2n) is 4.76. The van der Waals surface area contributed by atoms with Gasteiger partial charge in [0, 0.05) is 24.5 Å². The van der Waals surface area contributed by atoms with Crippen LogP contribution in [0.1, 0.15) is 23.2 Å². The number of pyridine rings is 1.